The molecular weight excluding hydrogens is 346 g/mol. The van der Waals surface area contributed by atoms with Crippen LogP contribution in [-0.4, -0.2) is 11.8 Å². The molecule has 0 spiro atoms. The first kappa shape index (κ1) is 15.1. The van der Waals surface area contributed by atoms with Gasteiger partial charge in [0, 0.05) is 4.47 Å². The number of halogens is 3. The lowest BCUT2D eigenvalue weighted by atomic mass is 10.1. The second-order valence-corrected chi connectivity index (χ2v) is 5.02. The van der Waals surface area contributed by atoms with Gasteiger partial charge in [-0.25, -0.2) is 8.78 Å². The van der Waals surface area contributed by atoms with Gasteiger partial charge in [-0.1, -0.05) is 28.1 Å². The zero-order chi connectivity index (χ0) is 15.6. The van der Waals surface area contributed by atoms with Gasteiger partial charge < -0.3 is 11.1 Å². The monoisotopic (exact) mass is 354 g/mol. The molecule has 0 bridgehead atoms. The average Bonchev–Trinajstić information content (AvgIpc) is 2.37. The van der Waals surface area contributed by atoms with Crippen LogP contribution in [-0.2, 0) is 0 Å². The van der Waals surface area contributed by atoms with E-state index in [4.69, 9.17) is 5.73 Å². The summed E-state index contributed by atoms with van der Waals surface area (Å²) in [6.07, 6.45) is 0. The molecule has 0 aliphatic heterocycles. The van der Waals surface area contributed by atoms with Gasteiger partial charge in [-0.3, -0.25) is 9.59 Å². The van der Waals surface area contributed by atoms with Crippen molar-refractivity contribution in [2.24, 2.45) is 5.73 Å². The normalized spacial score (nSPS) is 10.2. The molecule has 0 aliphatic rings. The molecule has 21 heavy (non-hydrogen) atoms. The molecule has 0 aromatic heterocycles. The van der Waals surface area contributed by atoms with Gasteiger partial charge >= 0.3 is 0 Å². The maximum atomic E-state index is 13.7. The molecule has 7 heteroatoms. The van der Waals surface area contributed by atoms with E-state index in [1.807, 2.05) is 0 Å². The van der Waals surface area contributed by atoms with E-state index in [2.05, 4.69) is 21.2 Å². The number of carbonyl (C=O) groups is 2. The fourth-order valence-corrected chi connectivity index (χ4v) is 2.15. The first-order valence-corrected chi connectivity index (χ1v) is 6.54. The standard InChI is InChI=1S/C14H9BrF2N2O2/c15-7-5-9(16)12(10(17)6-7)14(21)19-11-4-2-1-3-8(11)13(18)20/h1-6H,(H2,18,20)(H,19,21). The number of benzene rings is 2. The Morgan fingerprint density at radius 2 is 1.67 bits per heavy atom. The van der Waals surface area contributed by atoms with E-state index in [-0.39, 0.29) is 15.7 Å². The molecule has 3 N–H and O–H groups in total. The van der Waals surface area contributed by atoms with E-state index < -0.39 is 29.0 Å². The minimum atomic E-state index is -1.02. The summed E-state index contributed by atoms with van der Waals surface area (Å²) in [5, 5.41) is 2.27. The van der Waals surface area contributed by atoms with Crippen LogP contribution in [0.15, 0.2) is 40.9 Å². The van der Waals surface area contributed by atoms with Crippen LogP contribution < -0.4 is 11.1 Å². The lowest BCUT2D eigenvalue weighted by Crippen LogP contribution is -2.20. The number of nitrogens with two attached hydrogens (primary N) is 1. The molecule has 0 saturated heterocycles. The second-order valence-electron chi connectivity index (χ2n) is 4.11. The highest BCUT2D eigenvalue weighted by Gasteiger charge is 2.20. The summed E-state index contributed by atoms with van der Waals surface area (Å²) in [6, 6.07) is 7.85. The van der Waals surface area contributed by atoms with Crippen LogP contribution in [0.3, 0.4) is 0 Å². The van der Waals surface area contributed by atoms with Gasteiger partial charge in [0.2, 0.25) is 0 Å². The Balaban J connectivity index is 2.38. The van der Waals surface area contributed by atoms with E-state index >= 15 is 0 Å². The Morgan fingerprint density at radius 1 is 1.10 bits per heavy atom. The third kappa shape index (κ3) is 3.25. The van der Waals surface area contributed by atoms with Crippen LogP contribution in [0.1, 0.15) is 20.7 Å². The number of hydrogen-bond acceptors (Lipinski definition) is 2. The van der Waals surface area contributed by atoms with E-state index in [1.54, 1.807) is 12.1 Å². The Bertz CT molecular complexity index is 712. The van der Waals surface area contributed by atoms with Crippen LogP contribution in [0.5, 0.6) is 0 Å². The first-order valence-electron chi connectivity index (χ1n) is 5.75. The minimum Gasteiger partial charge on any atom is -0.366 e. The average molecular weight is 355 g/mol. The van der Waals surface area contributed by atoms with Crippen LogP contribution in [0, 0.1) is 11.6 Å². The van der Waals surface area contributed by atoms with Gasteiger partial charge in [0.1, 0.15) is 17.2 Å². The van der Waals surface area contributed by atoms with E-state index in [1.165, 1.54) is 12.1 Å². The third-order valence-electron chi connectivity index (χ3n) is 2.67. The molecule has 0 saturated carbocycles. The smallest absolute Gasteiger partial charge is 0.261 e. The van der Waals surface area contributed by atoms with Gasteiger partial charge in [0.15, 0.2) is 0 Å². The molecule has 2 amide bonds. The first-order chi connectivity index (χ1) is 9.90. The highest BCUT2D eigenvalue weighted by Crippen LogP contribution is 2.22. The number of carbonyl (C=O) groups excluding carboxylic acids is 2. The van der Waals surface area contributed by atoms with E-state index in [0.29, 0.717) is 0 Å². The highest BCUT2D eigenvalue weighted by molar-refractivity contribution is 9.10. The SMILES string of the molecule is NC(=O)c1ccccc1NC(=O)c1c(F)cc(Br)cc1F. The molecule has 0 fully saturated rings. The Hall–Kier alpha value is -2.28. The van der Waals surface area contributed by atoms with Crippen molar-refractivity contribution in [2.45, 2.75) is 0 Å². The molecular formula is C14H9BrF2N2O2. The summed E-state index contributed by atoms with van der Waals surface area (Å²) in [4.78, 5) is 23.2. The maximum Gasteiger partial charge on any atom is 0.261 e. The lowest BCUT2D eigenvalue weighted by Gasteiger charge is -2.10. The molecule has 0 atom stereocenters. The van der Waals surface area contributed by atoms with Crippen LogP contribution in [0.25, 0.3) is 0 Å². The number of amides is 2. The zero-order valence-electron chi connectivity index (χ0n) is 10.5. The van der Waals surface area contributed by atoms with E-state index in [9.17, 15) is 18.4 Å². The predicted molar refractivity (Wildman–Crippen MR) is 77.0 cm³/mol. The van der Waals surface area contributed by atoms with Gasteiger partial charge in [0.25, 0.3) is 11.8 Å². The Kier molecular flexibility index (Phi) is 4.32. The second kappa shape index (κ2) is 6.01. The topological polar surface area (TPSA) is 72.2 Å². The molecule has 2 aromatic rings. The molecule has 0 unspecified atom stereocenters. The van der Waals surface area contributed by atoms with Gasteiger partial charge in [-0.15, -0.1) is 0 Å². The summed E-state index contributed by atoms with van der Waals surface area (Å²) in [5.74, 6) is -3.80. The Morgan fingerprint density at radius 3 is 2.24 bits per heavy atom. The number of hydrogen-bond donors (Lipinski definition) is 2. The number of anilines is 1. The van der Waals surface area contributed by atoms with Crippen molar-refractivity contribution < 1.29 is 18.4 Å². The van der Waals surface area contributed by atoms with Crippen LogP contribution >= 0.6 is 15.9 Å². The molecule has 2 aromatic carbocycles. The summed E-state index contributed by atoms with van der Waals surface area (Å²) in [6.45, 7) is 0. The Labute approximate surface area is 127 Å². The number of primary amides is 1. The molecule has 0 radical (unpaired) electrons. The fraction of sp³-hybridized carbons (Fsp3) is 0. The highest BCUT2D eigenvalue weighted by atomic mass is 79.9. The maximum absolute atomic E-state index is 13.7. The summed E-state index contributed by atoms with van der Waals surface area (Å²) in [5.41, 5.74) is 4.55. The van der Waals surface area contributed by atoms with Crippen molar-refractivity contribution in [3.63, 3.8) is 0 Å². The van der Waals surface area contributed by atoms with Crippen LogP contribution in [0.4, 0.5) is 14.5 Å². The predicted octanol–water partition coefficient (Wildman–Crippen LogP) is 3.08. The van der Waals surface area contributed by atoms with E-state index in [0.717, 1.165) is 12.1 Å². The number of nitrogens with one attached hydrogen (secondary N) is 1. The van der Waals surface area contributed by atoms with Crippen molar-refractivity contribution >= 4 is 33.4 Å². The third-order valence-corrected chi connectivity index (χ3v) is 3.13. The van der Waals surface area contributed by atoms with Crippen molar-refractivity contribution in [2.75, 3.05) is 5.32 Å². The summed E-state index contributed by atoms with van der Waals surface area (Å²) in [7, 11) is 0. The van der Waals surface area contributed by atoms with Crippen molar-refractivity contribution in [3.05, 3.63) is 63.6 Å². The van der Waals surface area contributed by atoms with Crippen molar-refractivity contribution in [1.29, 1.82) is 0 Å². The molecule has 2 rings (SSSR count). The quantitative estimate of drug-likeness (QED) is 0.888. The van der Waals surface area contributed by atoms with Gasteiger partial charge in [-0.05, 0) is 24.3 Å². The molecule has 0 aliphatic carbocycles. The zero-order valence-corrected chi connectivity index (χ0v) is 12.1. The summed E-state index contributed by atoms with van der Waals surface area (Å²) >= 11 is 2.92. The van der Waals surface area contributed by atoms with Crippen LogP contribution in [0.2, 0.25) is 0 Å². The lowest BCUT2D eigenvalue weighted by molar-refractivity contribution is 0.100. The van der Waals surface area contributed by atoms with Gasteiger partial charge in [-0.2, -0.15) is 0 Å². The summed E-state index contributed by atoms with van der Waals surface area (Å²) < 4.78 is 27.6. The fourth-order valence-electron chi connectivity index (χ4n) is 1.75. The molecule has 108 valence electrons. The molecule has 4 nitrogen and oxygen atoms in total. The van der Waals surface area contributed by atoms with Crippen molar-refractivity contribution in [3.8, 4) is 0 Å². The van der Waals surface area contributed by atoms with Gasteiger partial charge in [0.05, 0.1) is 11.3 Å². The molecule has 0 heterocycles. The van der Waals surface area contributed by atoms with Crippen molar-refractivity contribution in [1.82, 2.24) is 0 Å². The number of rotatable bonds is 3. The minimum absolute atomic E-state index is 0.0452. The largest absolute Gasteiger partial charge is 0.366 e. The number of para-hydroxylation sites is 1.